The first-order valence-corrected chi connectivity index (χ1v) is 7.60. The summed E-state index contributed by atoms with van der Waals surface area (Å²) < 4.78 is 0. The maximum absolute atomic E-state index is 12.3. The van der Waals surface area contributed by atoms with Gasteiger partial charge in [0.15, 0.2) is 0 Å². The third-order valence-corrected chi connectivity index (χ3v) is 3.94. The molecule has 0 unspecified atom stereocenters. The Bertz CT molecular complexity index is 991. The fraction of sp³-hybridized carbons (Fsp3) is 0.0556. The monoisotopic (exact) mass is 332 g/mol. The van der Waals surface area contributed by atoms with Crippen molar-refractivity contribution in [2.24, 2.45) is 0 Å². The summed E-state index contributed by atoms with van der Waals surface area (Å²) in [5, 5.41) is 3.59. The number of nitrogens with one attached hydrogen (secondary N) is 1. The van der Waals surface area contributed by atoms with Crippen molar-refractivity contribution in [3.05, 3.63) is 66.1 Å². The summed E-state index contributed by atoms with van der Waals surface area (Å²) in [6.45, 7) is -0.378. The van der Waals surface area contributed by atoms with E-state index in [4.69, 9.17) is 0 Å². The number of hydrogen-bond donors (Lipinski definition) is 1. The van der Waals surface area contributed by atoms with Crippen LogP contribution in [-0.4, -0.2) is 39.1 Å². The number of para-hydroxylation sites is 1. The molecule has 1 aromatic carbocycles. The lowest BCUT2D eigenvalue weighted by Gasteiger charge is -2.14. The number of fused-ring (bicyclic) bond motifs is 2. The number of carbonyl (C=O) groups is 3. The van der Waals surface area contributed by atoms with E-state index < -0.39 is 17.7 Å². The first-order chi connectivity index (χ1) is 12.1. The Hall–Kier alpha value is -3.61. The summed E-state index contributed by atoms with van der Waals surface area (Å²) in [5.41, 5.74) is 1.46. The van der Waals surface area contributed by atoms with Crippen LogP contribution in [0, 0.1) is 0 Å². The number of hydrogen-bond acceptors (Lipinski definition) is 5. The summed E-state index contributed by atoms with van der Waals surface area (Å²) in [4.78, 5) is 46.0. The average Bonchev–Trinajstić information content (AvgIpc) is 2.87. The van der Waals surface area contributed by atoms with E-state index in [9.17, 15) is 14.4 Å². The Labute approximate surface area is 142 Å². The Kier molecular flexibility index (Phi) is 3.46. The van der Waals surface area contributed by atoms with Crippen LogP contribution in [-0.2, 0) is 4.79 Å². The van der Waals surface area contributed by atoms with Crippen LogP contribution in [0.2, 0.25) is 0 Å². The van der Waals surface area contributed by atoms with Gasteiger partial charge < -0.3 is 5.32 Å². The first kappa shape index (κ1) is 14.9. The molecule has 3 aromatic rings. The Morgan fingerprint density at radius 3 is 2.56 bits per heavy atom. The second-order valence-corrected chi connectivity index (χ2v) is 5.52. The molecule has 3 amide bonds. The fourth-order valence-corrected chi connectivity index (χ4v) is 2.80. The van der Waals surface area contributed by atoms with Crippen LogP contribution in [0.1, 0.15) is 20.8 Å². The molecule has 0 aliphatic carbocycles. The lowest BCUT2D eigenvalue weighted by molar-refractivity contribution is -0.116. The summed E-state index contributed by atoms with van der Waals surface area (Å²) in [6, 6.07) is 12.2. The van der Waals surface area contributed by atoms with Crippen molar-refractivity contribution in [3.8, 4) is 0 Å². The summed E-state index contributed by atoms with van der Waals surface area (Å²) >= 11 is 0. The molecule has 0 bridgehead atoms. The van der Waals surface area contributed by atoms with Gasteiger partial charge in [0, 0.05) is 17.8 Å². The minimum Gasteiger partial charge on any atom is -0.323 e. The normalized spacial score (nSPS) is 13.2. The summed E-state index contributed by atoms with van der Waals surface area (Å²) in [6.07, 6.45) is 3.07. The van der Waals surface area contributed by atoms with Gasteiger partial charge in [0.05, 0.1) is 16.8 Å². The van der Waals surface area contributed by atoms with Gasteiger partial charge in [0.25, 0.3) is 11.8 Å². The van der Waals surface area contributed by atoms with Crippen molar-refractivity contribution in [1.82, 2.24) is 14.9 Å². The van der Waals surface area contributed by atoms with Gasteiger partial charge in [0.1, 0.15) is 12.2 Å². The predicted octanol–water partition coefficient (Wildman–Crippen LogP) is 1.86. The van der Waals surface area contributed by atoms with Gasteiger partial charge in [0.2, 0.25) is 5.91 Å². The number of imide groups is 1. The van der Waals surface area contributed by atoms with E-state index >= 15 is 0 Å². The molecule has 0 atom stereocenters. The number of amides is 3. The average molecular weight is 332 g/mol. The van der Waals surface area contributed by atoms with E-state index in [0.29, 0.717) is 11.2 Å². The molecule has 0 fully saturated rings. The van der Waals surface area contributed by atoms with E-state index in [1.807, 2.05) is 12.1 Å². The lowest BCUT2D eigenvalue weighted by atomic mass is 10.2. The van der Waals surface area contributed by atoms with Crippen molar-refractivity contribution in [2.75, 3.05) is 11.9 Å². The van der Waals surface area contributed by atoms with Gasteiger partial charge in [-0.3, -0.25) is 29.3 Å². The Morgan fingerprint density at radius 2 is 1.72 bits per heavy atom. The molecule has 2 aromatic heterocycles. The van der Waals surface area contributed by atoms with E-state index in [1.165, 1.54) is 12.3 Å². The molecule has 7 nitrogen and oxygen atoms in total. The maximum Gasteiger partial charge on any atom is 0.280 e. The van der Waals surface area contributed by atoms with Gasteiger partial charge in [-0.05, 0) is 24.3 Å². The molecule has 0 spiro atoms. The van der Waals surface area contributed by atoms with E-state index in [2.05, 4.69) is 15.3 Å². The topological polar surface area (TPSA) is 92.3 Å². The molecule has 3 heterocycles. The Morgan fingerprint density at radius 1 is 0.960 bits per heavy atom. The van der Waals surface area contributed by atoms with Crippen LogP contribution in [0.3, 0.4) is 0 Å². The van der Waals surface area contributed by atoms with Crippen LogP contribution in [0.4, 0.5) is 5.69 Å². The Balaban J connectivity index is 1.55. The molecule has 1 aliphatic heterocycles. The molecular weight excluding hydrogens is 320 g/mol. The van der Waals surface area contributed by atoms with E-state index in [1.54, 1.807) is 30.5 Å². The zero-order valence-electron chi connectivity index (χ0n) is 13.0. The molecule has 0 saturated carbocycles. The van der Waals surface area contributed by atoms with Crippen LogP contribution in [0.5, 0.6) is 0 Å². The van der Waals surface area contributed by atoms with E-state index in [-0.39, 0.29) is 17.8 Å². The number of pyridine rings is 2. The third kappa shape index (κ3) is 2.51. The van der Waals surface area contributed by atoms with Crippen LogP contribution >= 0.6 is 0 Å². The SMILES string of the molecule is O=C(CN1C(=O)c2cccnc2C1=O)Nc1cccc2cccnc12. The largest absolute Gasteiger partial charge is 0.323 e. The number of anilines is 1. The van der Waals surface area contributed by atoms with E-state index in [0.717, 1.165) is 10.3 Å². The second-order valence-electron chi connectivity index (χ2n) is 5.52. The molecule has 122 valence electrons. The number of nitrogens with zero attached hydrogens (tertiary/aromatic N) is 3. The lowest BCUT2D eigenvalue weighted by Crippen LogP contribution is -2.37. The zero-order valence-corrected chi connectivity index (χ0v) is 13.0. The highest BCUT2D eigenvalue weighted by Crippen LogP contribution is 2.22. The molecule has 0 saturated heterocycles. The van der Waals surface area contributed by atoms with Crippen molar-refractivity contribution in [1.29, 1.82) is 0 Å². The van der Waals surface area contributed by atoms with Gasteiger partial charge in [-0.15, -0.1) is 0 Å². The number of rotatable bonds is 3. The molecular formula is C18H12N4O3. The highest BCUT2D eigenvalue weighted by molar-refractivity contribution is 6.21. The summed E-state index contributed by atoms with van der Waals surface area (Å²) in [7, 11) is 0. The maximum atomic E-state index is 12.3. The van der Waals surface area contributed by atoms with Crippen molar-refractivity contribution >= 4 is 34.3 Å². The highest BCUT2D eigenvalue weighted by atomic mass is 16.2. The van der Waals surface area contributed by atoms with Gasteiger partial charge >= 0.3 is 0 Å². The third-order valence-electron chi connectivity index (χ3n) is 3.94. The van der Waals surface area contributed by atoms with Gasteiger partial charge in [-0.1, -0.05) is 18.2 Å². The minimum atomic E-state index is -0.563. The van der Waals surface area contributed by atoms with Crippen molar-refractivity contribution in [2.45, 2.75) is 0 Å². The van der Waals surface area contributed by atoms with Crippen molar-refractivity contribution < 1.29 is 14.4 Å². The van der Waals surface area contributed by atoms with Gasteiger partial charge in [-0.25, -0.2) is 0 Å². The standard InChI is InChI=1S/C18H12N4O3/c23-14(21-13-7-1-4-11-5-2-8-19-15(11)13)10-22-17(24)12-6-3-9-20-16(12)18(22)25/h1-9H,10H2,(H,21,23). The fourth-order valence-electron chi connectivity index (χ4n) is 2.80. The molecule has 1 N–H and O–H groups in total. The smallest absolute Gasteiger partial charge is 0.280 e. The van der Waals surface area contributed by atoms with Crippen LogP contribution in [0.15, 0.2) is 54.9 Å². The van der Waals surface area contributed by atoms with Gasteiger partial charge in [-0.2, -0.15) is 0 Å². The first-order valence-electron chi connectivity index (χ1n) is 7.60. The molecule has 25 heavy (non-hydrogen) atoms. The molecule has 4 rings (SSSR count). The molecule has 1 aliphatic rings. The predicted molar refractivity (Wildman–Crippen MR) is 90.0 cm³/mol. The van der Waals surface area contributed by atoms with Crippen LogP contribution in [0.25, 0.3) is 10.9 Å². The second kappa shape index (κ2) is 5.79. The van der Waals surface area contributed by atoms with Crippen LogP contribution < -0.4 is 5.32 Å². The molecule has 0 radical (unpaired) electrons. The number of benzene rings is 1. The van der Waals surface area contributed by atoms with Crippen molar-refractivity contribution in [3.63, 3.8) is 0 Å². The number of aromatic nitrogens is 2. The molecule has 7 heteroatoms. The quantitative estimate of drug-likeness (QED) is 0.739. The minimum absolute atomic E-state index is 0.0760. The highest BCUT2D eigenvalue weighted by Gasteiger charge is 2.37. The zero-order chi connectivity index (χ0) is 17.4. The summed E-state index contributed by atoms with van der Waals surface area (Å²) in [5.74, 6) is -1.56. The number of carbonyl (C=O) groups excluding carboxylic acids is 3.